The first-order chi connectivity index (χ1) is 7.15. The summed E-state index contributed by atoms with van der Waals surface area (Å²) in [6, 6.07) is 3.53. The van der Waals surface area contributed by atoms with E-state index in [-0.39, 0.29) is 31.5 Å². The first kappa shape index (κ1) is 13.4. The minimum atomic E-state index is -0.223. The fourth-order valence-electron chi connectivity index (χ4n) is 1.23. The lowest BCUT2D eigenvalue weighted by atomic mass is 10.1. The molecular formula is C10H16N4O. The molecule has 0 aromatic rings. The molecule has 0 fully saturated rings. The van der Waals surface area contributed by atoms with Crippen LogP contribution in [-0.2, 0) is 4.79 Å². The highest BCUT2D eigenvalue weighted by atomic mass is 16.2. The Morgan fingerprint density at radius 3 is 2.33 bits per heavy atom. The summed E-state index contributed by atoms with van der Waals surface area (Å²) < 4.78 is 0. The quantitative estimate of drug-likeness (QED) is 0.638. The predicted octanol–water partition coefficient (Wildman–Crippen LogP) is 0.380. The molecule has 0 aliphatic carbocycles. The summed E-state index contributed by atoms with van der Waals surface area (Å²) in [7, 11) is 0. The molecule has 0 saturated carbocycles. The molecular weight excluding hydrogens is 192 g/mol. The highest BCUT2D eigenvalue weighted by Crippen LogP contribution is 2.02. The minimum absolute atomic E-state index is 0.0504. The normalized spacial score (nSPS) is 11.2. The third-order valence-electron chi connectivity index (χ3n) is 1.97. The van der Waals surface area contributed by atoms with Crippen molar-refractivity contribution in [2.75, 3.05) is 13.1 Å². The van der Waals surface area contributed by atoms with E-state index in [1.165, 1.54) is 4.90 Å². The molecule has 5 heteroatoms. The second kappa shape index (κ2) is 7.78. The molecule has 0 aliphatic rings. The Morgan fingerprint density at radius 2 is 1.93 bits per heavy atom. The second-order valence-electron chi connectivity index (χ2n) is 3.32. The van der Waals surface area contributed by atoms with Gasteiger partial charge in [-0.2, -0.15) is 10.5 Å². The average Bonchev–Trinajstić information content (AvgIpc) is 2.17. The first-order valence-corrected chi connectivity index (χ1v) is 4.92. The molecule has 82 valence electrons. The van der Waals surface area contributed by atoms with Crippen LogP contribution in [0.15, 0.2) is 0 Å². The highest BCUT2D eigenvalue weighted by molar-refractivity contribution is 5.77. The Bertz CT molecular complexity index is 260. The van der Waals surface area contributed by atoms with Crippen LogP contribution in [-0.4, -0.2) is 29.9 Å². The van der Waals surface area contributed by atoms with Crippen LogP contribution in [0, 0.1) is 22.7 Å². The lowest BCUT2D eigenvalue weighted by molar-refractivity contribution is -0.130. The highest BCUT2D eigenvalue weighted by Gasteiger charge is 2.15. The summed E-state index contributed by atoms with van der Waals surface area (Å²) in [4.78, 5) is 12.8. The molecule has 0 radical (unpaired) electrons. The fourth-order valence-corrected chi connectivity index (χ4v) is 1.23. The van der Waals surface area contributed by atoms with Crippen LogP contribution in [0.1, 0.15) is 26.2 Å². The zero-order valence-electron chi connectivity index (χ0n) is 8.94. The van der Waals surface area contributed by atoms with Gasteiger partial charge in [-0.3, -0.25) is 4.79 Å². The van der Waals surface area contributed by atoms with Crippen molar-refractivity contribution in [1.82, 2.24) is 4.90 Å². The molecule has 0 bridgehead atoms. The minimum Gasteiger partial charge on any atom is -0.327 e. The van der Waals surface area contributed by atoms with Crippen molar-refractivity contribution < 1.29 is 4.79 Å². The lowest BCUT2D eigenvalue weighted by Crippen LogP contribution is -2.36. The van der Waals surface area contributed by atoms with E-state index in [9.17, 15) is 4.79 Å². The Hall–Kier alpha value is -1.59. The molecule has 1 atom stereocenters. The standard InChI is InChI=1S/C10H16N4O/c1-2-3-9(13)8-10(15)14(6-4-11)7-5-12/h9H,2-3,6-8,13H2,1H3. The maximum absolute atomic E-state index is 11.6. The summed E-state index contributed by atoms with van der Waals surface area (Å²) >= 11 is 0. The van der Waals surface area contributed by atoms with Gasteiger partial charge in [0.05, 0.1) is 12.1 Å². The van der Waals surface area contributed by atoms with Gasteiger partial charge >= 0.3 is 0 Å². The van der Waals surface area contributed by atoms with Crippen molar-refractivity contribution in [1.29, 1.82) is 10.5 Å². The number of nitrogens with zero attached hydrogens (tertiary/aromatic N) is 3. The van der Waals surface area contributed by atoms with Crippen LogP contribution in [0.25, 0.3) is 0 Å². The van der Waals surface area contributed by atoms with E-state index < -0.39 is 0 Å². The molecule has 15 heavy (non-hydrogen) atoms. The maximum Gasteiger partial charge on any atom is 0.225 e. The molecule has 5 nitrogen and oxygen atoms in total. The van der Waals surface area contributed by atoms with Crippen LogP contribution < -0.4 is 5.73 Å². The fraction of sp³-hybridized carbons (Fsp3) is 0.700. The zero-order chi connectivity index (χ0) is 11.7. The number of carbonyl (C=O) groups excluding carboxylic acids is 1. The van der Waals surface area contributed by atoms with Crippen molar-refractivity contribution in [2.24, 2.45) is 5.73 Å². The van der Waals surface area contributed by atoms with Crippen LogP contribution in [0.5, 0.6) is 0 Å². The summed E-state index contributed by atoms with van der Waals surface area (Å²) in [6.07, 6.45) is 1.90. The smallest absolute Gasteiger partial charge is 0.225 e. The van der Waals surface area contributed by atoms with E-state index in [1.54, 1.807) is 0 Å². The number of hydrogen-bond donors (Lipinski definition) is 1. The number of hydrogen-bond acceptors (Lipinski definition) is 4. The predicted molar refractivity (Wildman–Crippen MR) is 55.3 cm³/mol. The number of amides is 1. The number of nitriles is 2. The SMILES string of the molecule is CCCC(N)CC(=O)N(CC#N)CC#N. The van der Waals surface area contributed by atoms with Crippen molar-refractivity contribution in [3.63, 3.8) is 0 Å². The Kier molecular flexibility index (Phi) is 6.96. The van der Waals surface area contributed by atoms with E-state index in [2.05, 4.69) is 0 Å². The van der Waals surface area contributed by atoms with Gasteiger partial charge in [-0.25, -0.2) is 0 Å². The van der Waals surface area contributed by atoms with E-state index in [1.807, 2.05) is 19.1 Å². The molecule has 1 amide bonds. The van der Waals surface area contributed by atoms with E-state index in [0.29, 0.717) is 0 Å². The monoisotopic (exact) mass is 208 g/mol. The van der Waals surface area contributed by atoms with Crippen molar-refractivity contribution in [3.05, 3.63) is 0 Å². The van der Waals surface area contributed by atoms with Gasteiger partial charge in [-0.1, -0.05) is 13.3 Å². The first-order valence-electron chi connectivity index (χ1n) is 4.92. The second-order valence-corrected chi connectivity index (χ2v) is 3.32. The molecule has 2 N–H and O–H groups in total. The van der Waals surface area contributed by atoms with Crippen LogP contribution in [0.2, 0.25) is 0 Å². The Labute approximate surface area is 90.1 Å². The van der Waals surface area contributed by atoms with E-state index >= 15 is 0 Å². The molecule has 0 aliphatic heterocycles. The van der Waals surface area contributed by atoms with Gasteiger partial charge in [0.1, 0.15) is 13.1 Å². The number of nitrogens with two attached hydrogens (primary N) is 1. The summed E-state index contributed by atoms with van der Waals surface area (Å²) in [5.41, 5.74) is 5.70. The number of rotatable bonds is 6. The van der Waals surface area contributed by atoms with Gasteiger partial charge in [-0.15, -0.1) is 0 Å². The molecule has 0 heterocycles. The molecule has 1 unspecified atom stereocenters. The number of carbonyl (C=O) groups is 1. The van der Waals surface area contributed by atoms with Crippen LogP contribution in [0.3, 0.4) is 0 Å². The third kappa shape index (κ3) is 5.66. The Morgan fingerprint density at radius 1 is 1.40 bits per heavy atom. The third-order valence-corrected chi connectivity index (χ3v) is 1.97. The topological polar surface area (TPSA) is 93.9 Å². The van der Waals surface area contributed by atoms with E-state index in [4.69, 9.17) is 16.3 Å². The van der Waals surface area contributed by atoms with Gasteiger partial charge in [0.25, 0.3) is 0 Å². The molecule has 0 rings (SSSR count). The van der Waals surface area contributed by atoms with Gasteiger partial charge in [-0.05, 0) is 6.42 Å². The lowest BCUT2D eigenvalue weighted by Gasteiger charge is -2.18. The summed E-state index contributed by atoms with van der Waals surface area (Å²) in [5.74, 6) is -0.223. The zero-order valence-corrected chi connectivity index (χ0v) is 8.94. The molecule has 0 aromatic heterocycles. The molecule has 0 saturated heterocycles. The van der Waals surface area contributed by atoms with E-state index in [0.717, 1.165) is 12.8 Å². The van der Waals surface area contributed by atoms with Crippen molar-refractivity contribution in [2.45, 2.75) is 32.2 Å². The largest absolute Gasteiger partial charge is 0.327 e. The molecule has 0 spiro atoms. The summed E-state index contributed by atoms with van der Waals surface area (Å²) in [5, 5.41) is 16.9. The van der Waals surface area contributed by atoms with Crippen molar-refractivity contribution >= 4 is 5.91 Å². The molecule has 0 aromatic carbocycles. The maximum atomic E-state index is 11.6. The van der Waals surface area contributed by atoms with Gasteiger partial charge < -0.3 is 10.6 Å². The van der Waals surface area contributed by atoms with Crippen LogP contribution in [0.4, 0.5) is 0 Å². The van der Waals surface area contributed by atoms with Gasteiger partial charge in [0, 0.05) is 12.5 Å². The average molecular weight is 208 g/mol. The van der Waals surface area contributed by atoms with Crippen LogP contribution >= 0.6 is 0 Å². The van der Waals surface area contributed by atoms with Gasteiger partial charge in [0.15, 0.2) is 0 Å². The van der Waals surface area contributed by atoms with Crippen molar-refractivity contribution in [3.8, 4) is 12.1 Å². The Balaban J connectivity index is 4.15. The van der Waals surface area contributed by atoms with Gasteiger partial charge in [0.2, 0.25) is 5.91 Å². The summed E-state index contributed by atoms with van der Waals surface area (Å²) in [6.45, 7) is 1.89.